The summed E-state index contributed by atoms with van der Waals surface area (Å²) >= 11 is 3.16. The van der Waals surface area contributed by atoms with Crippen LogP contribution in [0.2, 0.25) is 0 Å². The van der Waals surface area contributed by atoms with Crippen molar-refractivity contribution in [3.8, 4) is 0 Å². The van der Waals surface area contributed by atoms with Gasteiger partial charge in [-0.3, -0.25) is 4.72 Å². The number of anilines is 1. The molecule has 0 amide bonds. The van der Waals surface area contributed by atoms with Gasteiger partial charge in [-0.05, 0) is 31.2 Å². The molecule has 0 aliphatic rings. The Balaban J connectivity index is 2.44. The lowest BCUT2D eigenvalue weighted by atomic mass is 10.2. The van der Waals surface area contributed by atoms with Gasteiger partial charge in [-0.25, -0.2) is 12.8 Å². The first-order valence-corrected chi connectivity index (χ1v) is 8.38. The van der Waals surface area contributed by atoms with Gasteiger partial charge >= 0.3 is 0 Å². The molecule has 2 aromatic carbocycles. The molecule has 0 heterocycles. The number of nitrogens with two attached hydrogens (primary N) is 1. The van der Waals surface area contributed by atoms with Gasteiger partial charge in [-0.2, -0.15) is 0 Å². The Hall–Kier alpha value is -1.44. The topological polar surface area (TPSA) is 72.2 Å². The third-order valence-corrected chi connectivity index (χ3v) is 4.73. The third kappa shape index (κ3) is 3.61. The number of halogens is 2. The molecule has 0 aliphatic heterocycles. The fourth-order valence-corrected chi connectivity index (χ4v) is 3.66. The summed E-state index contributed by atoms with van der Waals surface area (Å²) in [5.41, 5.74) is 6.92. The van der Waals surface area contributed by atoms with Gasteiger partial charge in [-0.1, -0.05) is 33.6 Å². The van der Waals surface area contributed by atoms with Gasteiger partial charge in [0.05, 0.1) is 0 Å². The summed E-state index contributed by atoms with van der Waals surface area (Å²) in [5.74, 6) is -0.833. The van der Waals surface area contributed by atoms with Gasteiger partial charge < -0.3 is 5.73 Å². The van der Waals surface area contributed by atoms with Crippen LogP contribution in [0.3, 0.4) is 0 Å². The average Bonchev–Trinajstić information content (AvgIpc) is 2.43. The van der Waals surface area contributed by atoms with Crippen LogP contribution in [0.15, 0.2) is 45.8 Å². The summed E-state index contributed by atoms with van der Waals surface area (Å²) in [7, 11) is -4.02. The van der Waals surface area contributed by atoms with E-state index in [9.17, 15) is 12.8 Å². The van der Waals surface area contributed by atoms with Crippen LogP contribution in [-0.2, 0) is 16.6 Å². The largest absolute Gasteiger partial charge is 0.326 e. The maximum atomic E-state index is 14.2. The third-order valence-electron chi connectivity index (χ3n) is 2.89. The van der Waals surface area contributed by atoms with E-state index in [0.717, 1.165) is 5.56 Å². The molecule has 0 spiro atoms. The first-order valence-electron chi connectivity index (χ1n) is 6.11. The van der Waals surface area contributed by atoms with Gasteiger partial charge in [0.1, 0.15) is 10.7 Å². The number of sulfonamides is 1. The van der Waals surface area contributed by atoms with E-state index in [1.54, 1.807) is 24.3 Å². The van der Waals surface area contributed by atoms with Gasteiger partial charge in [0.2, 0.25) is 0 Å². The molecule has 3 N–H and O–H groups in total. The molecule has 4 nitrogen and oxygen atoms in total. The molecular formula is C14H14BrFN2O2S. The molecule has 0 fully saturated rings. The Kier molecular flexibility index (Phi) is 4.65. The lowest BCUT2D eigenvalue weighted by molar-refractivity contribution is 0.560. The van der Waals surface area contributed by atoms with Crippen molar-refractivity contribution in [1.82, 2.24) is 0 Å². The fourth-order valence-electron chi connectivity index (χ4n) is 1.79. The van der Waals surface area contributed by atoms with Gasteiger partial charge in [-0.15, -0.1) is 0 Å². The van der Waals surface area contributed by atoms with E-state index in [0.29, 0.717) is 10.2 Å². The molecule has 0 radical (unpaired) electrons. The predicted octanol–water partition coefficient (Wildman–Crippen LogP) is 3.16. The molecule has 0 bridgehead atoms. The summed E-state index contributed by atoms with van der Waals surface area (Å²) in [6.45, 7) is 1.80. The molecule has 2 aromatic rings. The minimum Gasteiger partial charge on any atom is -0.326 e. The highest BCUT2D eigenvalue weighted by atomic mass is 79.9. The second-order valence-corrected chi connectivity index (χ2v) is 7.12. The zero-order valence-electron chi connectivity index (χ0n) is 11.2. The molecule has 0 aromatic heterocycles. The van der Waals surface area contributed by atoms with Gasteiger partial charge in [0, 0.05) is 22.3 Å². The van der Waals surface area contributed by atoms with Crippen LogP contribution in [0.1, 0.15) is 11.1 Å². The molecule has 0 saturated carbocycles. The van der Waals surface area contributed by atoms with Crippen molar-refractivity contribution in [3.05, 3.63) is 57.8 Å². The molecule has 0 atom stereocenters. The highest BCUT2D eigenvalue weighted by Gasteiger charge is 2.22. The molecule has 0 aliphatic carbocycles. The summed E-state index contributed by atoms with van der Waals surface area (Å²) < 4.78 is 41.6. The second-order valence-electron chi connectivity index (χ2n) is 4.55. The van der Waals surface area contributed by atoms with E-state index < -0.39 is 20.7 Å². The quantitative estimate of drug-likeness (QED) is 0.865. The van der Waals surface area contributed by atoms with Crippen molar-refractivity contribution in [2.24, 2.45) is 5.73 Å². The smallest absolute Gasteiger partial charge is 0.264 e. The zero-order chi connectivity index (χ0) is 15.6. The molecule has 2 rings (SSSR count). The number of hydrogen-bond acceptors (Lipinski definition) is 3. The second kappa shape index (κ2) is 6.13. The van der Waals surface area contributed by atoms with Crippen LogP contribution < -0.4 is 10.5 Å². The van der Waals surface area contributed by atoms with Crippen LogP contribution in [0.4, 0.5) is 10.1 Å². The standard InChI is InChI=1S/C14H14BrFN2O2S/c1-9-2-4-12(5-3-9)18-21(19,20)13-7-11(15)6-10(8-17)14(13)16/h2-7,18H,8,17H2,1H3. The van der Waals surface area contributed by atoms with Crippen LogP contribution in [0.5, 0.6) is 0 Å². The summed E-state index contributed by atoms with van der Waals surface area (Å²) in [5, 5.41) is 0. The number of rotatable bonds is 4. The normalized spacial score (nSPS) is 11.4. The van der Waals surface area contributed by atoms with E-state index in [1.807, 2.05) is 6.92 Å². The monoisotopic (exact) mass is 372 g/mol. The van der Waals surface area contributed by atoms with Gasteiger partial charge in [0.15, 0.2) is 0 Å². The molecule has 0 unspecified atom stereocenters. The number of hydrogen-bond donors (Lipinski definition) is 2. The summed E-state index contributed by atoms with van der Waals surface area (Å²) in [6.07, 6.45) is 0. The summed E-state index contributed by atoms with van der Waals surface area (Å²) in [6, 6.07) is 9.44. The minimum atomic E-state index is -4.02. The van der Waals surface area contributed by atoms with Crippen molar-refractivity contribution in [2.45, 2.75) is 18.4 Å². The molecular weight excluding hydrogens is 359 g/mol. The SMILES string of the molecule is Cc1ccc(NS(=O)(=O)c2cc(Br)cc(CN)c2F)cc1. The first-order chi connectivity index (χ1) is 9.83. The van der Waals surface area contributed by atoms with E-state index in [1.165, 1.54) is 12.1 Å². The molecule has 112 valence electrons. The van der Waals surface area contributed by atoms with Crippen molar-refractivity contribution in [2.75, 3.05) is 4.72 Å². The van der Waals surface area contributed by atoms with E-state index in [4.69, 9.17) is 5.73 Å². The number of nitrogens with one attached hydrogen (secondary N) is 1. The fraction of sp³-hybridized carbons (Fsp3) is 0.143. The Morgan fingerprint density at radius 3 is 2.43 bits per heavy atom. The maximum absolute atomic E-state index is 14.2. The van der Waals surface area contributed by atoms with E-state index >= 15 is 0 Å². The van der Waals surface area contributed by atoms with Crippen LogP contribution in [0, 0.1) is 12.7 Å². The zero-order valence-corrected chi connectivity index (χ0v) is 13.6. The van der Waals surface area contributed by atoms with Crippen molar-refractivity contribution < 1.29 is 12.8 Å². The highest BCUT2D eigenvalue weighted by molar-refractivity contribution is 9.10. The highest BCUT2D eigenvalue weighted by Crippen LogP contribution is 2.25. The van der Waals surface area contributed by atoms with Crippen molar-refractivity contribution >= 4 is 31.6 Å². The average molecular weight is 373 g/mol. The Morgan fingerprint density at radius 2 is 1.86 bits per heavy atom. The van der Waals surface area contributed by atoms with E-state index in [2.05, 4.69) is 20.7 Å². The van der Waals surface area contributed by atoms with Crippen LogP contribution in [0.25, 0.3) is 0 Å². The lowest BCUT2D eigenvalue weighted by Crippen LogP contribution is -2.16. The van der Waals surface area contributed by atoms with Crippen LogP contribution >= 0.6 is 15.9 Å². The first kappa shape index (κ1) is 15.9. The Bertz CT molecular complexity index is 761. The molecule has 21 heavy (non-hydrogen) atoms. The molecule has 7 heteroatoms. The lowest BCUT2D eigenvalue weighted by Gasteiger charge is -2.11. The number of aryl methyl sites for hydroxylation is 1. The maximum Gasteiger partial charge on any atom is 0.264 e. The molecule has 0 saturated heterocycles. The number of benzene rings is 2. The Morgan fingerprint density at radius 1 is 1.24 bits per heavy atom. The Labute approximate surface area is 131 Å². The predicted molar refractivity (Wildman–Crippen MR) is 84.0 cm³/mol. The van der Waals surface area contributed by atoms with Crippen LogP contribution in [-0.4, -0.2) is 8.42 Å². The summed E-state index contributed by atoms with van der Waals surface area (Å²) in [4.78, 5) is -0.432. The van der Waals surface area contributed by atoms with Crippen molar-refractivity contribution in [1.29, 1.82) is 0 Å². The van der Waals surface area contributed by atoms with Crippen molar-refractivity contribution in [3.63, 3.8) is 0 Å². The van der Waals surface area contributed by atoms with Gasteiger partial charge in [0.25, 0.3) is 10.0 Å². The minimum absolute atomic E-state index is 0.0850. The van der Waals surface area contributed by atoms with E-state index in [-0.39, 0.29) is 12.1 Å².